The van der Waals surface area contributed by atoms with Gasteiger partial charge in [-0.2, -0.15) is 13.2 Å². The van der Waals surface area contributed by atoms with E-state index in [2.05, 4.69) is 15.1 Å². The molecule has 34 heavy (non-hydrogen) atoms. The summed E-state index contributed by atoms with van der Waals surface area (Å²) in [7, 11) is 0. The number of nitrogens with zero attached hydrogens (tertiary/aromatic N) is 4. The second kappa shape index (κ2) is 8.77. The molecule has 1 amide bonds. The Morgan fingerprint density at radius 1 is 1.15 bits per heavy atom. The van der Waals surface area contributed by atoms with Gasteiger partial charge in [0.25, 0.3) is 5.91 Å². The van der Waals surface area contributed by atoms with Crippen molar-refractivity contribution in [2.45, 2.75) is 39.5 Å². The number of hydrogen-bond donors (Lipinski definition) is 1. The maximum Gasteiger partial charge on any atom is 0.417 e. The van der Waals surface area contributed by atoms with Crippen LogP contribution in [0.25, 0.3) is 10.9 Å². The molecule has 0 spiro atoms. The van der Waals surface area contributed by atoms with Crippen molar-refractivity contribution in [2.24, 2.45) is 0 Å². The fraction of sp³-hybridized carbons (Fsp3) is 0.250. The average Bonchev–Trinajstić information content (AvgIpc) is 3.23. The van der Waals surface area contributed by atoms with E-state index in [1.807, 2.05) is 13.0 Å². The Bertz CT molecular complexity index is 1350. The zero-order chi connectivity index (χ0) is 24.6. The van der Waals surface area contributed by atoms with E-state index in [1.165, 1.54) is 11.0 Å². The molecule has 2 N–H and O–H groups in total. The van der Waals surface area contributed by atoms with Gasteiger partial charge in [0.05, 0.1) is 29.4 Å². The van der Waals surface area contributed by atoms with E-state index in [4.69, 9.17) is 10.3 Å². The van der Waals surface area contributed by atoms with Crippen LogP contribution in [0.3, 0.4) is 0 Å². The maximum atomic E-state index is 13.6. The number of rotatable bonds is 5. The van der Waals surface area contributed by atoms with Crippen LogP contribution in [0.5, 0.6) is 0 Å². The molecule has 0 fully saturated rings. The van der Waals surface area contributed by atoms with E-state index in [1.54, 1.807) is 38.1 Å². The summed E-state index contributed by atoms with van der Waals surface area (Å²) >= 11 is 0. The molecule has 3 heterocycles. The van der Waals surface area contributed by atoms with Crippen molar-refractivity contribution >= 4 is 22.6 Å². The number of aryl methyl sites for hydroxylation is 2. The van der Waals surface area contributed by atoms with Crippen LogP contribution < -0.4 is 5.73 Å². The summed E-state index contributed by atoms with van der Waals surface area (Å²) in [6.07, 6.45) is -3.73. The molecule has 10 heteroatoms. The largest absolute Gasteiger partial charge is 0.417 e. The van der Waals surface area contributed by atoms with Crippen molar-refractivity contribution in [3.8, 4) is 0 Å². The molecule has 0 aliphatic rings. The molecule has 4 rings (SSSR count). The molecule has 1 atom stereocenters. The minimum absolute atomic E-state index is 0.0267. The molecule has 0 saturated heterocycles. The standard InChI is InChI=1S/C24H22F3N5O2/c1-13-8-17-10-16(4-7-20(17)30-22(13)28)23(33)32(15(3)21-9-14(2)34-31-21)12-19-6-5-18(11-29-19)24(25,26)27/h4-11,15H,12H2,1-3H3,(H2,28,30)/t15-/m1/s1. The van der Waals surface area contributed by atoms with Gasteiger partial charge < -0.3 is 15.2 Å². The smallest absolute Gasteiger partial charge is 0.383 e. The molecule has 0 bridgehead atoms. The first kappa shape index (κ1) is 23.2. The van der Waals surface area contributed by atoms with Crippen molar-refractivity contribution in [2.75, 3.05) is 5.73 Å². The Hall–Kier alpha value is -3.95. The molecule has 176 valence electrons. The van der Waals surface area contributed by atoms with Gasteiger partial charge in [-0.1, -0.05) is 5.16 Å². The number of halogens is 3. The highest BCUT2D eigenvalue weighted by Gasteiger charge is 2.31. The minimum Gasteiger partial charge on any atom is -0.383 e. The highest BCUT2D eigenvalue weighted by molar-refractivity contribution is 5.98. The monoisotopic (exact) mass is 469 g/mol. The van der Waals surface area contributed by atoms with E-state index in [0.29, 0.717) is 34.0 Å². The lowest BCUT2D eigenvalue weighted by atomic mass is 10.1. The predicted octanol–water partition coefficient (Wildman–Crippen LogP) is 5.24. The van der Waals surface area contributed by atoms with Gasteiger partial charge in [0.15, 0.2) is 0 Å². The Kier molecular flexibility index (Phi) is 5.99. The molecular weight excluding hydrogens is 447 g/mol. The number of nitrogen functional groups attached to an aromatic ring is 1. The van der Waals surface area contributed by atoms with Gasteiger partial charge in [-0.15, -0.1) is 0 Å². The van der Waals surface area contributed by atoms with E-state index >= 15 is 0 Å². The summed E-state index contributed by atoms with van der Waals surface area (Å²) in [6.45, 7) is 5.30. The highest BCUT2D eigenvalue weighted by atomic mass is 19.4. The Morgan fingerprint density at radius 2 is 1.91 bits per heavy atom. The van der Waals surface area contributed by atoms with Gasteiger partial charge in [-0.25, -0.2) is 4.98 Å². The second-order valence-corrected chi connectivity index (χ2v) is 8.11. The van der Waals surface area contributed by atoms with Gasteiger partial charge in [0, 0.05) is 23.2 Å². The number of anilines is 1. The molecule has 7 nitrogen and oxygen atoms in total. The zero-order valence-electron chi connectivity index (χ0n) is 18.7. The average molecular weight is 469 g/mol. The van der Waals surface area contributed by atoms with Crippen LogP contribution in [0.15, 0.2) is 53.2 Å². The van der Waals surface area contributed by atoms with Gasteiger partial charge in [-0.05, 0) is 62.7 Å². The van der Waals surface area contributed by atoms with Crippen molar-refractivity contribution in [1.29, 1.82) is 0 Å². The molecule has 3 aromatic heterocycles. The summed E-state index contributed by atoms with van der Waals surface area (Å²) in [5.41, 5.74) is 7.67. The Morgan fingerprint density at radius 3 is 2.53 bits per heavy atom. The molecular formula is C24H22F3N5O2. The van der Waals surface area contributed by atoms with Crippen molar-refractivity contribution in [3.63, 3.8) is 0 Å². The number of pyridine rings is 2. The molecule has 1 aromatic carbocycles. The number of aromatic nitrogens is 3. The van der Waals surface area contributed by atoms with E-state index < -0.39 is 17.8 Å². The third kappa shape index (κ3) is 4.70. The normalized spacial score (nSPS) is 12.6. The van der Waals surface area contributed by atoms with Gasteiger partial charge in [-0.3, -0.25) is 9.78 Å². The third-order valence-corrected chi connectivity index (χ3v) is 5.58. The fourth-order valence-electron chi connectivity index (χ4n) is 3.58. The number of carbonyl (C=O) groups is 1. The lowest BCUT2D eigenvalue weighted by molar-refractivity contribution is -0.137. The van der Waals surface area contributed by atoms with Crippen molar-refractivity contribution in [1.82, 2.24) is 20.0 Å². The second-order valence-electron chi connectivity index (χ2n) is 8.11. The first-order valence-corrected chi connectivity index (χ1v) is 10.5. The summed E-state index contributed by atoms with van der Waals surface area (Å²) in [5, 5.41) is 4.76. The number of nitrogens with two attached hydrogens (primary N) is 1. The number of amides is 1. The number of carbonyl (C=O) groups excluding carboxylic acids is 1. The summed E-state index contributed by atoms with van der Waals surface area (Å²) in [6, 6.07) is 10.3. The van der Waals surface area contributed by atoms with Crippen LogP contribution in [-0.4, -0.2) is 25.9 Å². The van der Waals surface area contributed by atoms with Crippen LogP contribution in [0.2, 0.25) is 0 Å². The first-order valence-electron chi connectivity index (χ1n) is 10.5. The molecule has 0 aliphatic carbocycles. The molecule has 4 aromatic rings. The van der Waals surface area contributed by atoms with Gasteiger partial charge in [0.2, 0.25) is 0 Å². The third-order valence-electron chi connectivity index (χ3n) is 5.58. The highest BCUT2D eigenvalue weighted by Crippen LogP contribution is 2.30. The lowest BCUT2D eigenvalue weighted by Crippen LogP contribution is -2.33. The van der Waals surface area contributed by atoms with Crippen molar-refractivity contribution in [3.05, 3.63) is 82.5 Å². The first-order chi connectivity index (χ1) is 16.0. The number of fused-ring (bicyclic) bond motifs is 1. The number of alkyl halides is 3. The molecule has 0 saturated carbocycles. The van der Waals surface area contributed by atoms with Crippen LogP contribution in [0.4, 0.5) is 19.0 Å². The zero-order valence-corrected chi connectivity index (χ0v) is 18.7. The molecule has 0 radical (unpaired) electrons. The summed E-state index contributed by atoms with van der Waals surface area (Å²) < 4.78 is 43.9. The van der Waals surface area contributed by atoms with Crippen LogP contribution in [0, 0.1) is 13.8 Å². The van der Waals surface area contributed by atoms with Crippen LogP contribution >= 0.6 is 0 Å². The van der Waals surface area contributed by atoms with E-state index in [0.717, 1.165) is 23.2 Å². The van der Waals surface area contributed by atoms with Gasteiger partial charge in [0.1, 0.15) is 17.3 Å². The Labute approximate surface area is 193 Å². The SMILES string of the molecule is Cc1cc([C@@H](C)N(Cc2ccc(C(F)(F)F)cn2)C(=O)c2ccc3nc(N)c(C)cc3c2)no1. The molecule has 0 unspecified atom stereocenters. The molecule has 0 aliphatic heterocycles. The van der Waals surface area contributed by atoms with Crippen molar-refractivity contribution < 1.29 is 22.5 Å². The van der Waals surface area contributed by atoms with E-state index in [9.17, 15) is 18.0 Å². The predicted molar refractivity (Wildman–Crippen MR) is 120 cm³/mol. The fourth-order valence-corrected chi connectivity index (χ4v) is 3.58. The van der Waals surface area contributed by atoms with Gasteiger partial charge >= 0.3 is 6.18 Å². The lowest BCUT2D eigenvalue weighted by Gasteiger charge is -2.28. The van der Waals surface area contributed by atoms with E-state index in [-0.39, 0.29) is 12.5 Å². The minimum atomic E-state index is -4.49. The number of benzene rings is 1. The Balaban J connectivity index is 1.70. The maximum absolute atomic E-state index is 13.6. The van der Waals surface area contributed by atoms with Crippen LogP contribution in [-0.2, 0) is 12.7 Å². The summed E-state index contributed by atoms with van der Waals surface area (Å²) in [4.78, 5) is 23.4. The number of hydrogen-bond acceptors (Lipinski definition) is 6. The quantitative estimate of drug-likeness (QED) is 0.429. The summed E-state index contributed by atoms with van der Waals surface area (Å²) in [5.74, 6) is 0.648. The topological polar surface area (TPSA) is 98.1 Å². The van der Waals surface area contributed by atoms with Crippen LogP contribution in [0.1, 0.15) is 51.6 Å².